The molecule has 24 heavy (non-hydrogen) atoms. The zero-order valence-electron chi connectivity index (χ0n) is 14.7. The van der Waals surface area contributed by atoms with Crippen LogP contribution in [0.15, 0.2) is 48.1 Å². The van der Waals surface area contributed by atoms with Crippen LogP contribution >= 0.6 is 0 Å². The predicted octanol–water partition coefficient (Wildman–Crippen LogP) is 2.55. The smallest absolute Gasteiger partial charge is 0.323 e. The standard InChI is InChI=1S/C19H28N2O3/c1-19(2,3)24-18(23)16(20)13-9-10-14-21-17(22)15-11-7-5-4-6-8-12-15/h4-8,11-12,16H,9-10,13-14,20H2,1-3H3,(H,21,22)/b5-4-,6-4?,7-5?,8-6-,11-7-,12-8?,15-11?,15-12+. The number of esters is 1. The van der Waals surface area contributed by atoms with E-state index in [1.165, 1.54) is 0 Å². The fourth-order valence-corrected chi connectivity index (χ4v) is 2.01. The van der Waals surface area contributed by atoms with E-state index in [9.17, 15) is 9.59 Å². The van der Waals surface area contributed by atoms with Crippen LogP contribution in [0.25, 0.3) is 0 Å². The van der Waals surface area contributed by atoms with Crippen LogP contribution in [0.2, 0.25) is 0 Å². The molecule has 0 aliphatic heterocycles. The van der Waals surface area contributed by atoms with Gasteiger partial charge in [0.2, 0.25) is 0 Å². The molecule has 0 radical (unpaired) electrons. The summed E-state index contributed by atoms with van der Waals surface area (Å²) in [5, 5.41) is 2.87. The normalized spacial score (nSPS) is 21.4. The third-order valence-corrected chi connectivity index (χ3v) is 3.20. The molecule has 5 nitrogen and oxygen atoms in total. The first kappa shape index (κ1) is 19.9. The average Bonchev–Trinajstić information content (AvgIpc) is 2.44. The Hall–Kier alpha value is -2.14. The molecule has 132 valence electrons. The summed E-state index contributed by atoms with van der Waals surface area (Å²) in [7, 11) is 0. The number of unbranched alkanes of at least 4 members (excludes halogenated alkanes) is 1. The molecule has 1 atom stereocenters. The molecule has 0 saturated carbocycles. The van der Waals surface area contributed by atoms with E-state index in [4.69, 9.17) is 10.5 Å². The molecule has 0 aromatic heterocycles. The summed E-state index contributed by atoms with van der Waals surface area (Å²) in [5.41, 5.74) is 5.91. The van der Waals surface area contributed by atoms with Crippen molar-refractivity contribution in [2.45, 2.75) is 51.7 Å². The number of carbonyl (C=O) groups excluding carboxylic acids is 2. The lowest BCUT2D eigenvalue weighted by Crippen LogP contribution is -2.37. The van der Waals surface area contributed by atoms with Gasteiger partial charge in [0.05, 0.1) is 0 Å². The quantitative estimate of drug-likeness (QED) is 0.554. The second-order valence-corrected chi connectivity index (χ2v) is 6.64. The van der Waals surface area contributed by atoms with Crippen molar-refractivity contribution in [3.05, 3.63) is 48.1 Å². The number of nitrogens with one attached hydrogen (secondary N) is 1. The van der Waals surface area contributed by atoms with Crippen LogP contribution in [-0.2, 0) is 14.3 Å². The number of rotatable bonds is 7. The molecule has 0 fully saturated rings. The van der Waals surface area contributed by atoms with Gasteiger partial charge in [-0.3, -0.25) is 9.59 Å². The van der Waals surface area contributed by atoms with Crippen molar-refractivity contribution < 1.29 is 14.3 Å². The third kappa shape index (κ3) is 8.48. The Bertz CT molecular complexity index is 551. The second-order valence-electron chi connectivity index (χ2n) is 6.64. The Morgan fingerprint density at radius 3 is 2.50 bits per heavy atom. The molecule has 0 heterocycles. The number of carbonyl (C=O) groups is 2. The average molecular weight is 332 g/mol. The lowest BCUT2D eigenvalue weighted by Gasteiger charge is -2.22. The SMILES string of the molecule is CC(C)(C)OC(=O)C(N)CCCCNC(=O)C1=C/C=C\C=C/C=C\1. The maximum atomic E-state index is 12.0. The minimum absolute atomic E-state index is 0.109. The lowest BCUT2D eigenvalue weighted by atomic mass is 10.1. The van der Waals surface area contributed by atoms with E-state index >= 15 is 0 Å². The number of hydrogen-bond donors (Lipinski definition) is 2. The first-order chi connectivity index (χ1) is 11.3. The van der Waals surface area contributed by atoms with Crippen LogP contribution in [0.4, 0.5) is 0 Å². The fourth-order valence-electron chi connectivity index (χ4n) is 2.01. The maximum absolute atomic E-state index is 12.0. The molecule has 1 aliphatic carbocycles. The van der Waals surface area contributed by atoms with Gasteiger partial charge < -0.3 is 15.8 Å². The summed E-state index contributed by atoms with van der Waals surface area (Å²) in [4.78, 5) is 23.8. The highest BCUT2D eigenvalue weighted by Gasteiger charge is 2.21. The summed E-state index contributed by atoms with van der Waals surface area (Å²) in [6.07, 6.45) is 14.9. The Morgan fingerprint density at radius 2 is 1.79 bits per heavy atom. The molecule has 0 aromatic rings. The van der Waals surface area contributed by atoms with E-state index in [1.54, 1.807) is 12.2 Å². The Kier molecular flexibility index (Phi) is 8.19. The highest BCUT2D eigenvalue weighted by Crippen LogP contribution is 2.10. The van der Waals surface area contributed by atoms with E-state index in [0.29, 0.717) is 18.5 Å². The lowest BCUT2D eigenvalue weighted by molar-refractivity contribution is -0.156. The van der Waals surface area contributed by atoms with Crippen molar-refractivity contribution in [1.82, 2.24) is 5.32 Å². The fraction of sp³-hybridized carbons (Fsp3) is 0.474. The molecule has 5 heteroatoms. The molecule has 3 N–H and O–H groups in total. The zero-order valence-corrected chi connectivity index (χ0v) is 14.7. The largest absolute Gasteiger partial charge is 0.459 e. The first-order valence-electron chi connectivity index (χ1n) is 8.28. The molecule has 1 unspecified atom stereocenters. The van der Waals surface area contributed by atoms with Gasteiger partial charge in [0, 0.05) is 12.1 Å². The minimum Gasteiger partial charge on any atom is -0.459 e. The molecule has 1 amide bonds. The van der Waals surface area contributed by atoms with Gasteiger partial charge in [0.25, 0.3) is 5.91 Å². The molecule has 0 aromatic carbocycles. The molecular weight excluding hydrogens is 304 g/mol. The van der Waals surface area contributed by atoms with Gasteiger partial charge in [-0.25, -0.2) is 0 Å². The molecule has 1 aliphatic rings. The van der Waals surface area contributed by atoms with Gasteiger partial charge in [0.15, 0.2) is 0 Å². The van der Waals surface area contributed by atoms with E-state index in [2.05, 4.69) is 5.32 Å². The van der Waals surface area contributed by atoms with Crippen LogP contribution in [0.5, 0.6) is 0 Å². The molecule has 1 rings (SSSR count). The maximum Gasteiger partial charge on any atom is 0.323 e. The summed E-state index contributed by atoms with van der Waals surface area (Å²) in [6, 6.07) is -0.618. The highest BCUT2D eigenvalue weighted by atomic mass is 16.6. The van der Waals surface area contributed by atoms with Gasteiger partial charge in [-0.15, -0.1) is 0 Å². The topological polar surface area (TPSA) is 81.4 Å². The number of hydrogen-bond acceptors (Lipinski definition) is 4. The van der Waals surface area contributed by atoms with Crippen molar-refractivity contribution in [2.24, 2.45) is 5.73 Å². The second kappa shape index (κ2) is 9.88. The Labute approximate surface area is 144 Å². The van der Waals surface area contributed by atoms with E-state index in [0.717, 1.165) is 12.8 Å². The van der Waals surface area contributed by atoms with Crippen LogP contribution in [0.3, 0.4) is 0 Å². The number of nitrogens with two attached hydrogens (primary N) is 1. The summed E-state index contributed by atoms with van der Waals surface area (Å²) in [5.74, 6) is -0.487. The van der Waals surface area contributed by atoms with Gasteiger partial charge in [-0.1, -0.05) is 30.4 Å². The monoisotopic (exact) mass is 332 g/mol. The first-order valence-corrected chi connectivity index (χ1v) is 8.28. The number of allylic oxidation sites excluding steroid dienone is 6. The molecule has 0 spiro atoms. The van der Waals surface area contributed by atoms with Gasteiger partial charge in [-0.2, -0.15) is 0 Å². The summed E-state index contributed by atoms with van der Waals surface area (Å²) >= 11 is 0. The van der Waals surface area contributed by atoms with Crippen LogP contribution in [0, 0.1) is 0 Å². The number of ether oxygens (including phenoxy) is 1. The third-order valence-electron chi connectivity index (χ3n) is 3.20. The van der Waals surface area contributed by atoms with Crippen LogP contribution in [-0.4, -0.2) is 30.1 Å². The van der Waals surface area contributed by atoms with Crippen LogP contribution < -0.4 is 11.1 Å². The van der Waals surface area contributed by atoms with Crippen molar-refractivity contribution in [3.63, 3.8) is 0 Å². The van der Waals surface area contributed by atoms with Gasteiger partial charge >= 0.3 is 5.97 Å². The Morgan fingerprint density at radius 1 is 1.12 bits per heavy atom. The molecule has 0 bridgehead atoms. The Balaban J connectivity index is 2.24. The molecular formula is C19H28N2O3. The van der Waals surface area contributed by atoms with E-state index < -0.39 is 11.6 Å². The zero-order chi connectivity index (χ0) is 18.0. The minimum atomic E-state index is -0.618. The molecule has 0 saturated heterocycles. The van der Waals surface area contributed by atoms with Crippen molar-refractivity contribution >= 4 is 11.9 Å². The van der Waals surface area contributed by atoms with E-state index in [-0.39, 0.29) is 11.9 Å². The summed E-state index contributed by atoms with van der Waals surface area (Å²) in [6.45, 7) is 5.99. The van der Waals surface area contributed by atoms with E-state index in [1.807, 2.05) is 51.2 Å². The van der Waals surface area contributed by atoms with Gasteiger partial charge in [0.1, 0.15) is 11.6 Å². The highest BCUT2D eigenvalue weighted by molar-refractivity contribution is 5.96. The predicted molar refractivity (Wildman–Crippen MR) is 96.2 cm³/mol. The number of amides is 1. The van der Waals surface area contributed by atoms with Gasteiger partial charge in [-0.05, 0) is 52.2 Å². The van der Waals surface area contributed by atoms with Crippen molar-refractivity contribution in [3.8, 4) is 0 Å². The van der Waals surface area contributed by atoms with Crippen LogP contribution in [0.1, 0.15) is 40.0 Å². The van der Waals surface area contributed by atoms with Crippen molar-refractivity contribution in [2.75, 3.05) is 6.54 Å². The summed E-state index contributed by atoms with van der Waals surface area (Å²) < 4.78 is 5.24. The van der Waals surface area contributed by atoms with Crippen molar-refractivity contribution in [1.29, 1.82) is 0 Å².